The van der Waals surface area contributed by atoms with E-state index >= 15 is 0 Å². The van der Waals surface area contributed by atoms with E-state index < -0.39 is 14.6 Å². The van der Waals surface area contributed by atoms with E-state index in [0.29, 0.717) is 34.8 Å². The molecule has 10 heteroatoms. The Morgan fingerprint density at radius 1 is 1.06 bits per heavy atom. The number of phosphoric acid groups is 1. The summed E-state index contributed by atoms with van der Waals surface area (Å²) >= 11 is 0. The van der Waals surface area contributed by atoms with Gasteiger partial charge in [-0.15, -0.1) is 0 Å². The zero-order valence-electron chi connectivity index (χ0n) is 19.1. The Morgan fingerprint density at radius 3 is 2.19 bits per heavy atom. The Labute approximate surface area is 204 Å². The molecule has 0 saturated heterocycles. The van der Waals surface area contributed by atoms with Crippen molar-refractivity contribution in [2.75, 3.05) is 21.0 Å². The second-order valence-electron chi connectivity index (χ2n) is 6.91. The maximum atomic E-state index is 12.9. The summed E-state index contributed by atoms with van der Waals surface area (Å²) in [6, 6.07) is 7.20. The molecule has 0 unspecified atom stereocenters. The summed E-state index contributed by atoms with van der Waals surface area (Å²) in [5.41, 5.74) is 4.46. The number of hydrogen-bond donors (Lipinski definition) is 2. The molecule has 2 N–H and O–H groups in total. The fourth-order valence-electron chi connectivity index (χ4n) is 3.50. The molecule has 0 aliphatic heterocycles. The number of Topliss-reactive ketones (excluding diaryl/α,β-unsaturated/α-hetero) is 1. The van der Waals surface area contributed by atoms with Crippen LogP contribution < -0.4 is 43.8 Å². The predicted molar refractivity (Wildman–Crippen MR) is 111 cm³/mol. The Morgan fingerprint density at radius 2 is 1.65 bits per heavy atom. The van der Waals surface area contributed by atoms with E-state index in [9.17, 15) is 9.36 Å². The third kappa shape index (κ3) is 5.99. The van der Waals surface area contributed by atoms with Gasteiger partial charge in [0.25, 0.3) is 0 Å². The van der Waals surface area contributed by atoms with Crippen molar-refractivity contribution in [3.05, 3.63) is 57.7 Å². The maximum absolute atomic E-state index is 12.9. The first-order chi connectivity index (χ1) is 14.1. The van der Waals surface area contributed by atoms with Gasteiger partial charge in [0.1, 0.15) is 5.75 Å². The Bertz CT molecular complexity index is 1060. The summed E-state index contributed by atoms with van der Waals surface area (Å²) in [6.07, 6.45) is 2.32. The average molecular weight is 458 g/mol. The number of phosphoric ester groups is 1. The molecule has 3 rings (SSSR count). The smallest absolute Gasteiger partial charge is 1.00 e. The van der Waals surface area contributed by atoms with E-state index in [1.165, 1.54) is 7.11 Å². The number of benzene rings is 2. The minimum atomic E-state index is -4.60. The van der Waals surface area contributed by atoms with Crippen LogP contribution in [0, 0.1) is 13.8 Å². The molecule has 0 spiro atoms. The van der Waals surface area contributed by atoms with Crippen LogP contribution in [0.5, 0.6) is 17.2 Å². The van der Waals surface area contributed by atoms with Crippen LogP contribution in [0.25, 0.3) is 6.08 Å². The minimum absolute atomic E-state index is 0. The summed E-state index contributed by atoms with van der Waals surface area (Å²) in [5, 5.41) is 0. The van der Waals surface area contributed by atoms with Crippen molar-refractivity contribution in [2.45, 2.75) is 20.3 Å². The number of carbonyl (C=O) groups is 1. The fourth-order valence-corrected chi connectivity index (χ4v) is 3.69. The van der Waals surface area contributed by atoms with E-state index in [1.54, 1.807) is 13.2 Å². The summed E-state index contributed by atoms with van der Waals surface area (Å²) < 4.78 is 31.1. The van der Waals surface area contributed by atoms with Gasteiger partial charge in [-0.25, -0.2) is 9.09 Å². The minimum Gasteiger partial charge on any atom is -1.00 e. The van der Waals surface area contributed by atoms with Crippen LogP contribution in [0.2, 0.25) is 0 Å². The molecular formula is C21H24NaO8P. The van der Waals surface area contributed by atoms with Crippen molar-refractivity contribution in [1.29, 1.82) is 0 Å². The number of ketones is 1. The number of methoxy groups -OCH3 is 2. The normalized spacial score (nSPS) is 14.3. The standard InChI is InChI=1S/C21H23O8P.Na.H/c1-12-5-14(6-13(2)21(12)28-11-29-30(23,24)25)7-16-8-15-9-18(26-3)19(27-4)10-17(15)20(16)22;;/h5-7,9-10H,8,11H2,1-4H3,(H2,23,24,25);;/q;+1;-1. The second-order valence-corrected chi connectivity index (χ2v) is 8.14. The molecule has 1 aliphatic carbocycles. The number of aryl methyl sites for hydroxylation is 2. The van der Waals surface area contributed by atoms with E-state index in [1.807, 2.05) is 38.1 Å². The molecular weight excluding hydrogens is 434 g/mol. The van der Waals surface area contributed by atoms with E-state index in [-0.39, 0.29) is 36.8 Å². The van der Waals surface area contributed by atoms with Crippen LogP contribution in [0.4, 0.5) is 0 Å². The first-order valence-corrected chi connectivity index (χ1v) is 10.6. The van der Waals surface area contributed by atoms with Gasteiger partial charge in [0.15, 0.2) is 24.1 Å². The molecule has 0 fully saturated rings. The molecule has 0 bridgehead atoms. The van der Waals surface area contributed by atoms with Gasteiger partial charge in [0.05, 0.1) is 14.2 Å². The summed E-state index contributed by atoms with van der Waals surface area (Å²) in [6.45, 7) is 3.05. The molecule has 0 heterocycles. The van der Waals surface area contributed by atoms with Crippen molar-refractivity contribution < 1.29 is 68.9 Å². The van der Waals surface area contributed by atoms with Gasteiger partial charge in [-0.3, -0.25) is 4.79 Å². The number of hydrogen-bond acceptors (Lipinski definition) is 6. The molecule has 2 aromatic rings. The third-order valence-electron chi connectivity index (χ3n) is 4.77. The molecule has 0 radical (unpaired) electrons. The van der Waals surface area contributed by atoms with Gasteiger partial charge in [0.2, 0.25) is 0 Å². The van der Waals surface area contributed by atoms with Gasteiger partial charge < -0.3 is 25.4 Å². The third-order valence-corrected chi connectivity index (χ3v) is 5.22. The molecule has 0 aromatic heterocycles. The molecule has 2 aromatic carbocycles. The topological polar surface area (TPSA) is 112 Å². The van der Waals surface area contributed by atoms with Crippen LogP contribution in [0.3, 0.4) is 0 Å². The molecule has 0 amide bonds. The zero-order valence-corrected chi connectivity index (χ0v) is 21.0. The van der Waals surface area contributed by atoms with E-state index in [0.717, 1.165) is 22.3 Å². The summed E-state index contributed by atoms with van der Waals surface area (Å²) in [4.78, 5) is 30.4. The summed E-state index contributed by atoms with van der Waals surface area (Å²) in [5.74, 6) is 1.50. The SMILES string of the molecule is COc1cc2c(cc1OC)C(=O)C(=Cc1cc(C)c(OCOP(=O)(O)O)c(C)c1)C2.[H-].[Na+]. The molecule has 1 aliphatic rings. The Balaban J connectivity index is 0.00000256. The molecule has 8 nitrogen and oxygen atoms in total. The summed E-state index contributed by atoms with van der Waals surface area (Å²) in [7, 11) is -1.52. The fraction of sp³-hybridized carbons (Fsp3) is 0.286. The molecule has 162 valence electrons. The number of ether oxygens (including phenoxy) is 3. The molecule has 31 heavy (non-hydrogen) atoms. The van der Waals surface area contributed by atoms with Gasteiger partial charge in [-0.1, -0.05) is 0 Å². The zero-order chi connectivity index (χ0) is 22.1. The number of allylic oxidation sites excluding steroid dienone is 1. The quantitative estimate of drug-likeness (QED) is 0.270. The van der Waals surface area contributed by atoms with Crippen LogP contribution in [0.1, 0.15) is 34.0 Å². The molecule has 0 atom stereocenters. The van der Waals surface area contributed by atoms with Gasteiger partial charge in [-0.05, 0) is 66.4 Å². The van der Waals surface area contributed by atoms with Crippen LogP contribution >= 0.6 is 7.82 Å². The first-order valence-electron chi connectivity index (χ1n) is 9.07. The largest absolute Gasteiger partial charge is 1.00 e. The Hall–Kier alpha value is -1.64. The molecule has 0 saturated carbocycles. The van der Waals surface area contributed by atoms with Crippen molar-refractivity contribution in [3.8, 4) is 17.2 Å². The predicted octanol–water partition coefficient (Wildman–Crippen LogP) is 0.705. The van der Waals surface area contributed by atoms with E-state index in [4.69, 9.17) is 24.0 Å². The second kappa shape index (κ2) is 10.3. The van der Waals surface area contributed by atoms with Gasteiger partial charge in [0, 0.05) is 17.6 Å². The van der Waals surface area contributed by atoms with E-state index in [2.05, 4.69) is 4.52 Å². The monoisotopic (exact) mass is 458 g/mol. The van der Waals surface area contributed by atoms with Crippen LogP contribution in [-0.4, -0.2) is 36.6 Å². The van der Waals surface area contributed by atoms with Crippen LogP contribution in [0.15, 0.2) is 29.8 Å². The number of rotatable bonds is 7. The number of carbonyl (C=O) groups excluding carboxylic acids is 1. The Kier molecular flexibility index (Phi) is 8.53. The average Bonchev–Trinajstić information content (AvgIpc) is 2.96. The first kappa shape index (κ1) is 25.6. The van der Waals surface area contributed by atoms with Crippen molar-refractivity contribution in [1.82, 2.24) is 0 Å². The van der Waals surface area contributed by atoms with Crippen LogP contribution in [-0.2, 0) is 15.5 Å². The maximum Gasteiger partial charge on any atom is 1.00 e. The van der Waals surface area contributed by atoms with Gasteiger partial charge >= 0.3 is 37.4 Å². The van der Waals surface area contributed by atoms with Crippen molar-refractivity contribution >= 4 is 19.7 Å². The van der Waals surface area contributed by atoms with Crippen molar-refractivity contribution in [2.24, 2.45) is 0 Å². The number of fused-ring (bicyclic) bond motifs is 1. The van der Waals surface area contributed by atoms with Crippen molar-refractivity contribution in [3.63, 3.8) is 0 Å². The van der Waals surface area contributed by atoms with Gasteiger partial charge in [-0.2, -0.15) is 0 Å².